The lowest BCUT2D eigenvalue weighted by molar-refractivity contribution is -0.145. The molecule has 0 atom stereocenters. The van der Waals surface area contributed by atoms with Gasteiger partial charge in [0.15, 0.2) is 0 Å². The van der Waals surface area contributed by atoms with Gasteiger partial charge in [-0.15, -0.1) is 0 Å². The Bertz CT molecular complexity index is 529. The van der Waals surface area contributed by atoms with E-state index in [0.29, 0.717) is 22.2 Å². The molecular formula is C14H15Cl2NO3. The quantitative estimate of drug-likeness (QED) is 0.620. The number of methoxy groups -OCH3 is 1. The van der Waals surface area contributed by atoms with Crippen LogP contribution in [-0.4, -0.2) is 37.0 Å². The number of benzene rings is 1. The highest BCUT2D eigenvalue weighted by molar-refractivity contribution is 6.35. The molecule has 1 amide bonds. The van der Waals surface area contributed by atoms with Crippen LogP contribution in [0.4, 0.5) is 0 Å². The third-order valence-corrected chi connectivity index (χ3v) is 3.17. The minimum Gasteiger partial charge on any atom is -0.468 e. The van der Waals surface area contributed by atoms with Crippen LogP contribution in [0.15, 0.2) is 24.3 Å². The highest BCUT2D eigenvalue weighted by Gasteiger charge is 2.13. The summed E-state index contributed by atoms with van der Waals surface area (Å²) < 4.78 is 4.54. The van der Waals surface area contributed by atoms with Crippen LogP contribution >= 0.6 is 23.2 Å². The van der Waals surface area contributed by atoms with Gasteiger partial charge in [-0.1, -0.05) is 29.3 Å². The highest BCUT2D eigenvalue weighted by atomic mass is 35.5. The second-order valence-corrected chi connectivity index (χ2v) is 4.77. The van der Waals surface area contributed by atoms with Crippen molar-refractivity contribution in [1.82, 2.24) is 4.90 Å². The summed E-state index contributed by atoms with van der Waals surface area (Å²) in [5.74, 6) is -0.748. The SMILES string of the molecule is CCN(CC(=O)OC)C(=O)C=Cc1ccc(Cl)cc1Cl. The van der Waals surface area contributed by atoms with E-state index in [1.165, 1.54) is 18.1 Å². The van der Waals surface area contributed by atoms with Crippen molar-refractivity contribution < 1.29 is 14.3 Å². The van der Waals surface area contributed by atoms with E-state index in [2.05, 4.69) is 4.74 Å². The predicted octanol–water partition coefficient (Wildman–Crippen LogP) is 3.03. The first-order chi connectivity index (χ1) is 9.47. The van der Waals surface area contributed by atoms with Crippen LogP contribution in [0, 0.1) is 0 Å². The molecule has 0 fully saturated rings. The van der Waals surface area contributed by atoms with Crippen molar-refractivity contribution in [2.75, 3.05) is 20.2 Å². The Kier molecular flexibility index (Phi) is 6.55. The molecule has 0 saturated carbocycles. The normalized spacial score (nSPS) is 10.6. The van der Waals surface area contributed by atoms with Gasteiger partial charge in [0.25, 0.3) is 0 Å². The molecule has 1 rings (SSSR count). The maximum atomic E-state index is 11.9. The minimum atomic E-state index is -0.460. The number of ether oxygens (including phenoxy) is 1. The number of esters is 1. The van der Waals surface area contributed by atoms with Crippen molar-refractivity contribution in [2.24, 2.45) is 0 Å². The molecule has 0 saturated heterocycles. The number of hydrogen-bond donors (Lipinski definition) is 0. The van der Waals surface area contributed by atoms with Gasteiger partial charge in [-0.05, 0) is 30.7 Å². The molecule has 0 aromatic heterocycles. The largest absolute Gasteiger partial charge is 0.468 e. The predicted molar refractivity (Wildman–Crippen MR) is 79.8 cm³/mol. The van der Waals surface area contributed by atoms with E-state index < -0.39 is 5.97 Å². The molecule has 0 aliphatic heterocycles. The summed E-state index contributed by atoms with van der Waals surface area (Å²) in [5.41, 5.74) is 0.679. The van der Waals surface area contributed by atoms with Gasteiger partial charge in [0.05, 0.1) is 7.11 Å². The molecule has 6 heteroatoms. The number of halogens is 2. The Morgan fingerprint density at radius 2 is 2.05 bits per heavy atom. The maximum absolute atomic E-state index is 11.9. The second kappa shape index (κ2) is 7.92. The summed E-state index contributed by atoms with van der Waals surface area (Å²) in [7, 11) is 1.28. The second-order valence-electron chi connectivity index (χ2n) is 3.93. The van der Waals surface area contributed by atoms with E-state index in [-0.39, 0.29) is 12.5 Å². The molecule has 0 bridgehead atoms. The summed E-state index contributed by atoms with van der Waals surface area (Å²) in [5, 5.41) is 0.983. The fourth-order valence-corrected chi connectivity index (χ4v) is 1.94. The van der Waals surface area contributed by atoms with Crippen LogP contribution in [0.2, 0.25) is 10.0 Å². The molecular weight excluding hydrogens is 301 g/mol. The van der Waals surface area contributed by atoms with Crippen molar-refractivity contribution in [3.63, 3.8) is 0 Å². The van der Waals surface area contributed by atoms with Crippen LogP contribution in [0.3, 0.4) is 0 Å². The Hall–Kier alpha value is -1.52. The molecule has 20 heavy (non-hydrogen) atoms. The summed E-state index contributed by atoms with van der Waals surface area (Å²) in [6.45, 7) is 2.11. The molecule has 1 aromatic carbocycles. The van der Waals surface area contributed by atoms with Gasteiger partial charge in [0, 0.05) is 22.7 Å². The number of rotatable bonds is 5. The Balaban J connectivity index is 2.77. The lowest BCUT2D eigenvalue weighted by Gasteiger charge is -2.17. The first-order valence-corrected chi connectivity index (χ1v) is 6.72. The van der Waals surface area contributed by atoms with Crippen molar-refractivity contribution in [3.05, 3.63) is 39.9 Å². The van der Waals surface area contributed by atoms with Crippen LogP contribution in [0.5, 0.6) is 0 Å². The van der Waals surface area contributed by atoms with Crippen molar-refractivity contribution in [2.45, 2.75) is 6.92 Å². The van der Waals surface area contributed by atoms with E-state index in [1.807, 2.05) is 0 Å². The molecule has 108 valence electrons. The third kappa shape index (κ3) is 4.87. The van der Waals surface area contributed by atoms with Crippen LogP contribution in [0.25, 0.3) is 6.08 Å². The van der Waals surface area contributed by atoms with Gasteiger partial charge < -0.3 is 9.64 Å². The monoisotopic (exact) mass is 315 g/mol. The van der Waals surface area contributed by atoms with E-state index in [0.717, 1.165) is 0 Å². The van der Waals surface area contributed by atoms with Gasteiger partial charge in [-0.3, -0.25) is 9.59 Å². The van der Waals surface area contributed by atoms with Crippen molar-refractivity contribution >= 4 is 41.2 Å². The van der Waals surface area contributed by atoms with Gasteiger partial charge >= 0.3 is 5.97 Å². The fourth-order valence-electron chi connectivity index (χ4n) is 1.47. The lowest BCUT2D eigenvalue weighted by atomic mass is 10.2. The lowest BCUT2D eigenvalue weighted by Crippen LogP contribution is -2.34. The van der Waals surface area contributed by atoms with Gasteiger partial charge in [-0.2, -0.15) is 0 Å². The van der Waals surface area contributed by atoms with Crippen LogP contribution in [0.1, 0.15) is 12.5 Å². The van der Waals surface area contributed by atoms with Gasteiger partial charge in [0.1, 0.15) is 6.54 Å². The minimum absolute atomic E-state index is 0.0788. The maximum Gasteiger partial charge on any atom is 0.325 e. The van der Waals surface area contributed by atoms with E-state index >= 15 is 0 Å². The van der Waals surface area contributed by atoms with Gasteiger partial charge in [0.2, 0.25) is 5.91 Å². The van der Waals surface area contributed by atoms with E-state index in [4.69, 9.17) is 23.2 Å². The third-order valence-electron chi connectivity index (χ3n) is 2.61. The molecule has 4 nitrogen and oxygen atoms in total. The summed E-state index contributed by atoms with van der Waals surface area (Å²) >= 11 is 11.8. The number of carbonyl (C=O) groups excluding carboxylic acids is 2. The first-order valence-electron chi connectivity index (χ1n) is 5.96. The topological polar surface area (TPSA) is 46.6 Å². The number of likely N-dealkylation sites (N-methyl/N-ethyl adjacent to an activating group) is 1. The van der Waals surface area contributed by atoms with Crippen molar-refractivity contribution in [3.8, 4) is 0 Å². The number of hydrogen-bond acceptors (Lipinski definition) is 3. The molecule has 0 heterocycles. The zero-order valence-corrected chi connectivity index (χ0v) is 12.7. The van der Waals surface area contributed by atoms with E-state index in [9.17, 15) is 9.59 Å². The summed E-state index contributed by atoms with van der Waals surface area (Å²) in [6, 6.07) is 4.99. The van der Waals surface area contributed by atoms with Crippen molar-refractivity contribution in [1.29, 1.82) is 0 Å². The number of carbonyl (C=O) groups is 2. The smallest absolute Gasteiger partial charge is 0.325 e. The Morgan fingerprint density at radius 3 is 2.60 bits per heavy atom. The molecule has 0 radical (unpaired) electrons. The number of amides is 1. The Labute approximate surface area is 127 Å². The first kappa shape index (κ1) is 16.5. The molecule has 0 aliphatic rings. The number of nitrogens with zero attached hydrogens (tertiary/aromatic N) is 1. The molecule has 0 unspecified atom stereocenters. The standard InChI is InChI=1S/C14H15Cl2NO3/c1-3-17(9-14(19)20-2)13(18)7-5-10-4-6-11(15)8-12(10)16/h4-8H,3,9H2,1-2H3. The fraction of sp³-hybridized carbons (Fsp3) is 0.286. The summed E-state index contributed by atoms with van der Waals surface area (Å²) in [4.78, 5) is 24.5. The summed E-state index contributed by atoms with van der Waals surface area (Å²) in [6.07, 6.45) is 2.95. The average Bonchev–Trinajstić information content (AvgIpc) is 2.43. The molecule has 0 N–H and O–H groups in total. The van der Waals surface area contributed by atoms with Crippen LogP contribution < -0.4 is 0 Å². The molecule has 0 spiro atoms. The molecule has 0 aliphatic carbocycles. The van der Waals surface area contributed by atoms with Crippen LogP contribution in [-0.2, 0) is 14.3 Å². The Morgan fingerprint density at radius 1 is 1.35 bits per heavy atom. The molecule has 1 aromatic rings. The highest BCUT2D eigenvalue weighted by Crippen LogP contribution is 2.22. The average molecular weight is 316 g/mol. The zero-order valence-electron chi connectivity index (χ0n) is 11.2. The zero-order chi connectivity index (χ0) is 15.1. The van der Waals surface area contributed by atoms with E-state index in [1.54, 1.807) is 31.2 Å². The van der Waals surface area contributed by atoms with Gasteiger partial charge in [-0.25, -0.2) is 0 Å².